The lowest BCUT2D eigenvalue weighted by atomic mass is 9.89. The molecule has 3 heteroatoms. The fraction of sp³-hybridized carbons (Fsp3) is 0.412. The van der Waals surface area contributed by atoms with Gasteiger partial charge in [-0.05, 0) is 30.9 Å². The van der Waals surface area contributed by atoms with E-state index >= 15 is 0 Å². The van der Waals surface area contributed by atoms with Gasteiger partial charge in [0.1, 0.15) is 5.75 Å². The monoisotopic (exact) mass is 270 g/mol. The van der Waals surface area contributed by atoms with Crippen molar-refractivity contribution < 1.29 is 14.3 Å². The Labute approximate surface area is 119 Å². The number of rotatable bonds is 2. The maximum absolute atomic E-state index is 12.1. The molecule has 0 bridgehead atoms. The molecule has 1 saturated carbocycles. The second kappa shape index (κ2) is 6.91. The summed E-state index contributed by atoms with van der Waals surface area (Å²) >= 11 is 0. The van der Waals surface area contributed by atoms with Gasteiger partial charge in [-0.15, -0.1) is 0 Å². The molecule has 104 valence electrons. The number of para-hydroxylation sites is 1. The van der Waals surface area contributed by atoms with Crippen molar-refractivity contribution in [2.24, 2.45) is 5.92 Å². The molecule has 0 atom stereocenters. The lowest BCUT2D eigenvalue weighted by Crippen LogP contribution is -2.07. The van der Waals surface area contributed by atoms with Crippen LogP contribution in [-0.2, 0) is 4.79 Å². The Hall–Kier alpha value is -2.08. The second-order valence-corrected chi connectivity index (χ2v) is 5.02. The van der Waals surface area contributed by atoms with Gasteiger partial charge >= 0.3 is 5.97 Å². The molecule has 0 amide bonds. The van der Waals surface area contributed by atoms with Crippen LogP contribution in [0.15, 0.2) is 24.3 Å². The van der Waals surface area contributed by atoms with Gasteiger partial charge < -0.3 is 4.74 Å². The molecular weight excluding hydrogens is 252 g/mol. The largest absolute Gasteiger partial charge is 0.426 e. The summed E-state index contributed by atoms with van der Waals surface area (Å²) in [6.45, 7) is 1.31. The topological polar surface area (TPSA) is 43.4 Å². The molecule has 0 aliphatic heterocycles. The van der Waals surface area contributed by atoms with Gasteiger partial charge in [-0.2, -0.15) is 0 Å². The van der Waals surface area contributed by atoms with E-state index in [0.29, 0.717) is 11.5 Å². The van der Waals surface area contributed by atoms with E-state index in [2.05, 4.69) is 11.8 Å². The Balaban J connectivity index is 2.12. The highest BCUT2D eigenvalue weighted by Crippen LogP contribution is 2.23. The van der Waals surface area contributed by atoms with Crippen molar-refractivity contribution in [3.63, 3.8) is 0 Å². The van der Waals surface area contributed by atoms with Crippen LogP contribution in [0, 0.1) is 17.8 Å². The number of carbonyl (C=O) groups excluding carboxylic acids is 2. The molecule has 0 spiro atoms. The van der Waals surface area contributed by atoms with Crippen LogP contribution < -0.4 is 4.74 Å². The van der Waals surface area contributed by atoms with Gasteiger partial charge in [0.25, 0.3) is 0 Å². The van der Waals surface area contributed by atoms with E-state index in [1.54, 1.807) is 24.3 Å². The van der Waals surface area contributed by atoms with Gasteiger partial charge in [0.15, 0.2) is 0 Å². The molecule has 1 aliphatic carbocycles. The van der Waals surface area contributed by atoms with Crippen molar-refractivity contribution in [3.05, 3.63) is 29.8 Å². The van der Waals surface area contributed by atoms with Gasteiger partial charge in [0, 0.05) is 12.8 Å². The molecule has 0 radical (unpaired) electrons. The first-order valence-corrected chi connectivity index (χ1v) is 7.00. The Morgan fingerprint density at radius 2 is 1.85 bits per heavy atom. The zero-order chi connectivity index (χ0) is 14.4. The number of carbonyl (C=O) groups is 2. The first-order valence-electron chi connectivity index (χ1n) is 7.00. The summed E-state index contributed by atoms with van der Waals surface area (Å²) < 4.78 is 5.03. The lowest BCUT2D eigenvalue weighted by molar-refractivity contribution is -0.131. The third-order valence-electron chi connectivity index (χ3n) is 3.38. The molecule has 0 heterocycles. The maximum Gasteiger partial charge on any atom is 0.308 e. The first-order chi connectivity index (χ1) is 9.66. The first kappa shape index (κ1) is 14.3. The van der Waals surface area contributed by atoms with E-state index in [1.807, 2.05) is 0 Å². The molecule has 0 N–H and O–H groups in total. The zero-order valence-corrected chi connectivity index (χ0v) is 11.6. The number of esters is 1. The Bertz CT molecular complexity index is 557. The van der Waals surface area contributed by atoms with Crippen molar-refractivity contribution in [3.8, 4) is 17.6 Å². The fourth-order valence-electron chi connectivity index (χ4n) is 2.38. The molecule has 20 heavy (non-hydrogen) atoms. The summed E-state index contributed by atoms with van der Waals surface area (Å²) in [4.78, 5) is 23.1. The van der Waals surface area contributed by atoms with E-state index in [-0.39, 0.29) is 11.5 Å². The minimum Gasteiger partial charge on any atom is -0.426 e. The van der Waals surface area contributed by atoms with Crippen LogP contribution >= 0.6 is 0 Å². The molecule has 0 unspecified atom stereocenters. The van der Waals surface area contributed by atoms with Crippen LogP contribution in [0.4, 0.5) is 0 Å². The van der Waals surface area contributed by atoms with Gasteiger partial charge in [-0.1, -0.05) is 37.3 Å². The van der Waals surface area contributed by atoms with E-state index in [9.17, 15) is 9.59 Å². The zero-order valence-electron chi connectivity index (χ0n) is 11.6. The molecule has 0 saturated heterocycles. The number of Topliss-reactive ketones (excluding diaryl/α,β-unsaturated/α-hetero) is 1. The fourth-order valence-corrected chi connectivity index (χ4v) is 2.38. The standard InChI is InChI=1S/C17H18O3/c1-13(18)20-17-10-6-5-9-15(17)16(19)12-11-14-7-3-2-4-8-14/h5-6,9-10,14H,2-4,7-8H2,1H3. The predicted molar refractivity (Wildman–Crippen MR) is 76.4 cm³/mol. The van der Waals surface area contributed by atoms with Crippen molar-refractivity contribution in [1.82, 2.24) is 0 Å². The summed E-state index contributed by atoms with van der Waals surface area (Å²) in [5, 5.41) is 0. The third-order valence-corrected chi connectivity index (χ3v) is 3.38. The normalized spacial score (nSPS) is 15.1. The number of benzene rings is 1. The lowest BCUT2D eigenvalue weighted by Gasteiger charge is -2.15. The quantitative estimate of drug-likeness (QED) is 0.272. The summed E-state index contributed by atoms with van der Waals surface area (Å²) in [5.74, 6) is 5.65. The van der Waals surface area contributed by atoms with Crippen LogP contribution in [0.5, 0.6) is 5.75 Å². The smallest absolute Gasteiger partial charge is 0.308 e. The van der Waals surface area contributed by atoms with Crippen LogP contribution in [0.2, 0.25) is 0 Å². The highest BCUT2D eigenvalue weighted by molar-refractivity contribution is 6.11. The maximum atomic E-state index is 12.1. The Morgan fingerprint density at radius 1 is 1.15 bits per heavy atom. The molecule has 1 fully saturated rings. The second-order valence-electron chi connectivity index (χ2n) is 5.02. The average Bonchev–Trinajstić information content (AvgIpc) is 2.46. The van der Waals surface area contributed by atoms with Gasteiger partial charge in [0.05, 0.1) is 5.56 Å². The SMILES string of the molecule is CC(=O)Oc1ccccc1C(=O)C#CC1CCCCC1. The number of ether oxygens (including phenoxy) is 1. The van der Waals surface area contributed by atoms with Crippen LogP contribution in [0.1, 0.15) is 49.4 Å². The molecular formula is C17H18O3. The Morgan fingerprint density at radius 3 is 2.55 bits per heavy atom. The van der Waals surface area contributed by atoms with Crippen molar-refractivity contribution >= 4 is 11.8 Å². The molecule has 2 rings (SSSR count). The number of hydrogen-bond acceptors (Lipinski definition) is 3. The molecule has 1 aromatic rings. The van der Waals surface area contributed by atoms with Gasteiger partial charge in [-0.3, -0.25) is 9.59 Å². The third kappa shape index (κ3) is 3.96. The number of hydrogen-bond donors (Lipinski definition) is 0. The summed E-state index contributed by atoms with van der Waals surface area (Å²) in [7, 11) is 0. The van der Waals surface area contributed by atoms with Crippen molar-refractivity contribution in [2.45, 2.75) is 39.0 Å². The summed E-state index contributed by atoms with van der Waals surface area (Å²) in [6.07, 6.45) is 5.80. The molecule has 1 aliphatic rings. The van der Waals surface area contributed by atoms with Crippen LogP contribution in [0.25, 0.3) is 0 Å². The predicted octanol–water partition coefficient (Wildman–Crippen LogP) is 3.38. The van der Waals surface area contributed by atoms with Crippen LogP contribution in [0.3, 0.4) is 0 Å². The molecule has 0 aromatic heterocycles. The summed E-state index contributed by atoms with van der Waals surface area (Å²) in [5.41, 5.74) is 0.353. The van der Waals surface area contributed by atoms with Crippen molar-refractivity contribution in [1.29, 1.82) is 0 Å². The molecule has 1 aromatic carbocycles. The molecule has 3 nitrogen and oxygen atoms in total. The average molecular weight is 270 g/mol. The van der Waals surface area contributed by atoms with E-state index in [0.717, 1.165) is 12.8 Å². The van der Waals surface area contributed by atoms with Gasteiger partial charge in [0.2, 0.25) is 5.78 Å². The highest BCUT2D eigenvalue weighted by atomic mass is 16.5. The van der Waals surface area contributed by atoms with E-state index in [1.165, 1.54) is 26.2 Å². The van der Waals surface area contributed by atoms with E-state index < -0.39 is 5.97 Å². The Kier molecular flexibility index (Phi) is 4.95. The van der Waals surface area contributed by atoms with Crippen molar-refractivity contribution in [2.75, 3.05) is 0 Å². The number of ketones is 1. The minimum absolute atomic E-state index is 0.281. The minimum atomic E-state index is -0.439. The highest BCUT2D eigenvalue weighted by Gasteiger charge is 2.13. The van der Waals surface area contributed by atoms with E-state index in [4.69, 9.17) is 4.74 Å². The van der Waals surface area contributed by atoms with Crippen LogP contribution in [-0.4, -0.2) is 11.8 Å². The van der Waals surface area contributed by atoms with Gasteiger partial charge in [-0.25, -0.2) is 0 Å². The summed E-state index contributed by atoms with van der Waals surface area (Å²) in [6, 6.07) is 6.71.